The molecule has 20 heavy (non-hydrogen) atoms. The molecular formula is C13H19Cl2N3O2. The molecule has 1 aliphatic heterocycles. The molecule has 2 rings (SSSR count). The third-order valence-electron chi connectivity index (χ3n) is 3.61. The highest BCUT2D eigenvalue weighted by atomic mass is 35.5. The van der Waals surface area contributed by atoms with E-state index in [0.29, 0.717) is 6.04 Å². The van der Waals surface area contributed by atoms with Gasteiger partial charge < -0.3 is 5.32 Å². The lowest BCUT2D eigenvalue weighted by atomic mass is 10.0. The number of hydrogen-bond acceptors (Lipinski definition) is 4. The van der Waals surface area contributed by atoms with E-state index in [-0.39, 0.29) is 23.1 Å². The average Bonchev–Trinajstić information content (AvgIpc) is 2.41. The molecule has 0 spiro atoms. The quantitative estimate of drug-likeness (QED) is 0.684. The fraction of sp³-hybridized carbons (Fsp3) is 0.538. The molecular weight excluding hydrogens is 301 g/mol. The van der Waals surface area contributed by atoms with Crippen LogP contribution in [0.4, 0.5) is 5.69 Å². The summed E-state index contributed by atoms with van der Waals surface area (Å²) in [5.74, 6) is 0. The second kappa shape index (κ2) is 7.78. The summed E-state index contributed by atoms with van der Waals surface area (Å²) in [7, 11) is 1.99. The van der Waals surface area contributed by atoms with Crippen molar-refractivity contribution in [3.63, 3.8) is 0 Å². The molecule has 0 amide bonds. The van der Waals surface area contributed by atoms with Crippen LogP contribution in [0.2, 0.25) is 5.02 Å². The third kappa shape index (κ3) is 4.31. The maximum absolute atomic E-state index is 10.8. The van der Waals surface area contributed by atoms with Crippen LogP contribution >= 0.6 is 24.0 Å². The van der Waals surface area contributed by atoms with Crippen LogP contribution in [0.3, 0.4) is 0 Å². The van der Waals surface area contributed by atoms with Gasteiger partial charge in [0.2, 0.25) is 0 Å². The van der Waals surface area contributed by atoms with E-state index in [2.05, 4.69) is 10.2 Å². The van der Waals surface area contributed by atoms with Gasteiger partial charge in [0, 0.05) is 18.7 Å². The van der Waals surface area contributed by atoms with Gasteiger partial charge in [0.15, 0.2) is 0 Å². The van der Waals surface area contributed by atoms with E-state index < -0.39 is 4.92 Å². The molecule has 7 heteroatoms. The monoisotopic (exact) mass is 319 g/mol. The number of benzene rings is 1. The fourth-order valence-electron chi connectivity index (χ4n) is 2.43. The summed E-state index contributed by atoms with van der Waals surface area (Å²) in [6, 6.07) is 5.64. The maximum atomic E-state index is 10.8. The van der Waals surface area contributed by atoms with Gasteiger partial charge in [-0.05, 0) is 44.6 Å². The minimum atomic E-state index is -0.431. The number of nitrogens with zero attached hydrogens (tertiary/aromatic N) is 2. The van der Waals surface area contributed by atoms with Crippen molar-refractivity contribution in [3.8, 4) is 0 Å². The Morgan fingerprint density at radius 1 is 1.45 bits per heavy atom. The Balaban J connectivity index is 0.00000200. The van der Waals surface area contributed by atoms with Crippen molar-refractivity contribution in [3.05, 3.63) is 38.9 Å². The molecule has 0 unspecified atom stereocenters. The van der Waals surface area contributed by atoms with E-state index in [1.807, 2.05) is 13.1 Å². The Hall–Kier alpha value is -0.880. The first-order valence-electron chi connectivity index (χ1n) is 6.42. The van der Waals surface area contributed by atoms with Crippen LogP contribution in [0.5, 0.6) is 0 Å². The van der Waals surface area contributed by atoms with Gasteiger partial charge in [-0.3, -0.25) is 15.0 Å². The predicted molar refractivity (Wildman–Crippen MR) is 82.7 cm³/mol. The number of hydrogen-bond donors (Lipinski definition) is 1. The molecule has 5 nitrogen and oxygen atoms in total. The highest BCUT2D eigenvalue weighted by molar-refractivity contribution is 6.32. The van der Waals surface area contributed by atoms with Crippen LogP contribution in [0, 0.1) is 10.1 Å². The summed E-state index contributed by atoms with van der Waals surface area (Å²) >= 11 is 5.81. The maximum Gasteiger partial charge on any atom is 0.288 e. The van der Waals surface area contributed by atoms with Gasteiger partial charge in [0.05, 0.1) is 4.92 Å². The molecule has 1 fully saturated rings. The Labute approximate surface area is 129 Å². The van der Waals surface area contributed by atoms with Crippen molar-refractivity contribution in [2.45, 2.75) is 25.4 Å². The number of rotatable bonds is 4. The van der Waals surface area contributed by atoms with Crippen LogP contribution in [0.1, 0.15) is 18.4 Å². The van der Waals surface area contributed by atoms with Gasteiger partial charge in [-0.2, -0.15) is 0 Å². The van der Waals surface area contributed by atoms with E-state index in [1.165, 1.54) is 0 Å². The Bertz CT molecular complexity index is 463. The number of piperidine rings is 1. The highest BCUT2D eigenvalue weighted by Gasteiger charge is 2.19. The number of likely N-dealkylation sites (tertiary alicyclic amines) is 1. The standard InChI is InChI=1S/C13H18ClN3O2.ClH/c1-15-11-4-6-16(7-5-11)9-10-2-3-12(14)13(8-10)17(18)19;/h2-3,8,11,15H,4-7,9H2,1H3;1H. The van der Waals surface area contributed by atoms with E-state index in [1.54, 1.807) is 12.1 Å². The van der Waals surface area contributed by atoms with Crippen LogP contribution < -0.4 is 5.32 Å². The Kier molecular flexibility index (Phi) is 6.68. The molecule has 1 N–H and O–H groups in total. The molecule has 0 saturated carbocycles. The molecule has 1 aliphatic rings. The summed E-state index contributed by atoms with van der Waals surface area (Å²) < 4.78 is 0. The topological polar surface area (TPSA) is 58.4 Å². The molecule has 1 aromatic carbocycles. The SMILES string of the molecule is CNC1CCN(Cc2ccc(Cl)c([N+](=O)[O-])c2)CC1.Cl. The zero-order valence-electron chi connectivity index (χ0n) is 11.3. The van der Waals surface area contributed by atoms with Crippen molar-refractivity contribution < 1.29 is 4.92 Å². The fourth-order valence-corrected chi connectivity index (χ4v) is 2.62. The summed E-state index contributed by atoms with van der Waals surface area (Å²) in [5.41, 5.74) is 0.934. The van der Waals surface area contributed by atoms with Gasteiger partial charge >= 0.3 is 0 Å². The van der Waals surface area contributed by atoms with Gasteiger partial charge in [0.25, 0.3) is 5.69 Å². The lowest BCUT2D eigenvalue weighted by Gasteiger charge is -2.31. The Morgan fingerprint density at radius 3 is 2.65 bits per heavy atom. The molecule has 1 aromatic rings. The van der Waals surface area contributed by atoms with Gasteiger partial charge in [-0.25, -0.2) is 0 Å². The molecule has 0 bridgehead atoms. The second-order valence-corrected chi connectivity index (χ2v) is 5.29. The third-order valence-corrected chi connectivity index (χ3v) is 3.93. The lowest BCUT2D eigenvalue weighted by molar-refractivity contribution is -0.384. The summed E-state index contributed by atoms with van der Waals surface area (Å²) in [6.07, 6.45) is 2.23. The normalized spacial score (nSPS) is 16.7. The number of nitro groups is 1. The molecule has 0 radical (unpaired) electrons. The van der Waals surface area contributed by atoms with Crippen LogP contribution in [0.25, 0.3) is 0 Å². The van der Waals surface area contributed by atoms with Crippen molar-refractivity contribution in [2.75, 3.05) is 20.1 Å². The van der Waals surface area contributed by atoms with E-state index in [0.717, 1.165) is 38.0 Å². The van der Waals surface area contributed by atoms with E-state index in [9.17, 15) is 10.1 Å². The van der Waals surface area contributed by atoms with Gasteiger partial charge in [0.1, 0.15) is 5.02 Å². The molecule has 0 atom stereocenters. The molecule has 1 saturated heterocycles. The summed E-state index contributed by atoms with van der Waals surface area (Å²) in [4.78, 5) is 12.7. The first-order valence-corrected chi connectivity index (χ1v) is 6.80. The van der Waals surface area contributed by atoms with Crippen molar-refractivity contribution in [2.24, 2.45) is 0 Å². The first-order chi connectivity index (χ1) is 9.10. The van der Waals surface area contributed by atoms with Gasteiger partial charge in [-0.1, -0.05) is 17.7 Å². The van der Waals surface area contributed by atoms with Crippen molar-refractivity contribution >= 4 is 29.7 Å². The molecule has 1 heterocycles. The first kappa shape index (κ1) is 17.2. The summed E-state index contributed by atoms with van der Waals surface area (Å²) in [5, 5.41) is 14.3. The van der Waals surface area contributed by atoms with E-state index >= 15 is 0 Å². The van der Waals surface area contributed by atoms with Crippen molar-refractivity contribution in [1.29, 1.82) is 0 Å². The molecule has 0 aromatic heterocycles. The van der Waals surface area contributed by atoms with Crippen molar-refractivity contribution in [1.82, 2.24) is 10.2 Å². The minimum absolute atomic E-state index is 0. The molecule has 112 valence electrons. The smallest absolute Gasteiger partial charge is 0.288 e. The Morgan fingerprint density at radius 2 is 2.10 bits per heavy atom. The highest BCUT2D eigenvalue weighted by Crippen LogP contribution is 2.26. The van der Waals surface area contributed by atoms with Gasteiger partial charge in [-0.15, -0.1) is 12.4 Å². The van der Waals surface area contributed by atoms with E-state index in [4.69, 9.17) is 11.6 Å². The summed E-state index contributed by atoms with van der Waals surface area (Å²) in [6.45, 7) is 2.78. The largest absolute Gasteiger partial charge is 0.317 e. The van der Waals surface area contributed by atoms with Crippen LogP contribution in [0.15, 0.2) is 18.2 Å². The molecule has 0 aliphatic carbocycles. The van der Waals surface area contributed by atoms with Crippen LogP contribution in [-0.4, -0.2) is 36.0 Å². The predicted octanol–water partition coefficient (Wildman–Crippen LogP) is 2.85. The second-order valence-electron chi connectivity index (χ2n) is 4.88. The zero-order chi connectivity index (χ0) is 13.8. The number of nitrogens with one attached hydrogen (secondary N) is 1. The number of nitro benzene ring substituents is 1. The minimum Gasteiger partial charge on any atom is -0.317 e. The number of halogens is 2. The average molecular weight is 320 g/mol. The lowest BCUT2D eigenvalue weighted by Crippen LogP contribution is -2.40. The van der Waals surface area contributed by atoms with Crippen LogP contribution in [-0.2, 0) is 6.54 Å². The zero-order valence-corrected chi connectivity index (χ0v) is 12.9.